The van der Waals surface area contributed by atoms with Crippen molar-refractivity contribution in [3.05, 3.63) is 75.7 Å². The highest BCUT2D eigenvalue weighted by Gasteiger charge is 2.26. The van der Waals surface area contributed by atoms with Gasteiger partial charge in [0.15, 0.2) is 0 Å². The maximum atomic E-state index is 14.8. The van der Waals surface area contributed by atoms with E-state index in [9.17, 15) is 13.9 Å². The summed E-state index contributed by atoms with van der Waals surface area (Å²) < 4.78 is 34.1. The van der Waals surface area contributed by atoms with Crippen molar-refractivity contribution < 1.29 is 18.6 Å². The highest BCUT2D eigenvalue weighted by molar-refractivity contribution is 7.09. The Hall–Kier alpha value is -2.55. The summed E-state index contributed by atoms with van der Waals surface area (Å²) in [5.41, 5.74) is 1.50. The Morgan fingerprint density at radius 1 is 1.13 bits per heavy atom. The molecule has 4 rings (SSSR count). The molecule has 3 aromatic rings. The van der Waals surface area contributed by atoms with Crippen LogP contribution in [0.1, 0.15) is 22.2 Å². The van der Waals surface area contributed by atoms with Crippen LogP contribution in [0.15, 0.2) is 48.0 Å². The number of methoxy groups -OCH3 is 1. The third kappa shape index (κ3) is 4.30. The summed E-state index contributed by atoms with van der Waals surface area (Å²) in [6.45, 7) is 2.91. The van der Waals surface area contributed by atoms with Gasteiger partial charge >= 0.3 is 0 Å². The number of anilines is 1. The van der Waals surface area contributed by atoms with Crippen molar-refractivity contribution in [1.82, 2.24) is 9.88 Å². The van der Waals surface area contributed by atoms with E-state index in [0.717, 1.165) is 0 Å². The van der Waals surface area contributed by atoms with Crippen LogP contribution in [0.25, 0.3) is 0 Å². The van der Waals surface area contributed by atoms with E-state index in [-0.39, 0.29) is 11.6 Å². The molecule has 5 nitrogen and oxygen atoms in total. The van der Waals surface area contributed by atoms with Crippen molar-refractivity contribution in [1.29, 1.82) is 0 Å². The predicted molar refractivity (Wildman–Crippen MR) is 113 cm³/mol. The second-order valence-corrected chi connectivity index (χ2v) is 8.10. The molecule has 8 heteroatoms. The van der Waals surface area contributed by atoms with Crippen molar-refractivity contribution >= 4 is 17.0 Å². The number of halogens is 2. The molecule has 1 N–H and O–H groups in total. The van der Waals surface area contributed by atoms with E-state index in [2.05, 4.69) is 9.88 Å². The van der Waals surface area contributed by atoms with Gasteiger partial charge in [0.25, 0.3) is 0 Å². The molecular formula is C22H23F2N3O2S. The van der Waals surface area contributed by atoms with Gasteiger partial charge in [-0.25, -0.2) is 13.8 Å². The Labute approximate surface area is 178 Å². The third-order valence-electron chi connectivity index (χ3n) is 5.33. The molecule has 2 heterocycles. The molecule has 0 aliphatic carbocycles. The number of rotatable bonds is 6. The number of thiazole rings is 1. The number of para-hydroxylation sites is 1. The van der Waals surface area contributed by atoms with Gasteiger partial charge in [0.05, 0.1) is 12.8 Å². The minimum atomic E-state index is -0.973. The largest absolute Gasteiger partial charge is 0.497 e. The van der Waals surface area contributed by atoms with Crippen LogP contribution in [0.3, 0.4) is 0 Å². The van der Waals surface area contributed by atoms with Crippen LogP contribution in [0, 0.1) is 11.6 Å². The molecule has 0 radical (unpaired) electrons. The fourth-order valence-electron chi connectivity index (χ4n) is 3.76. The van der Waals surface area contributed by atoms with Crippen LogP contribution in [0.2, 0.25) is 0 Å². The average Bonchev–Trinajstić information content (AvgIpc) is 3.30. The van der Waals surface area contributed by atoms with Crippen LogP contribution in [0.4, 0.5) is 14.5 Å². The van der Waals surface area contributed by atoms with E-state index in [0.29, 0.717) is 60.3 Å². The minimum Gasteiger partial charge on any atom is -0.497 e. The van der Waals surface area contributed by atoms with Crippen molar-refractivity contribution in [2.24, 2.45) is 0 Å². The van der Waals surface area contributed by atoms with Crippen molar-refractivity contribution in [2.45, 2.75) is 12.6 Å². The molecule has 0 spiro atoms. The van der Waals surface area contributed by atoms with Crippen LogP contribution >= 0.6 is 11.3 Å². The zero-order chi connectivity index (χ0) is 21.1. The second kappa shape index (κ2) is 9.07. The molecule has 0 saturated carbocycles. The number of piperazine rings is 1. The van der Waals surface area contributed by atoms with Crippen molar-refractivity contribution in [3.8, 4) is 5.75 Å². The summed E-state index contributed by atoms with van der Waals surface area (Å²) in [7, 11) is 1.56. The van der Waals surface area contributed by atoms with E-state index in [1.807, 2.05) is 4.90 Å². The molecule has 1 fully saturated rings. The Balaban J connectivity index is 1.48. The molecule has 0 unspecified atom stereocenters. The quantitative estimate of drug-likeness (QED) is 0.643. The number of aromatic nitrogens is 1. The molecule has 0 amide bonds. The maximum Gasteiger partial charge on any atom is 0.146 e. The molecule has 0 bridgehead atoms. The molecule has 1 aliphatic heterocycles. The first kappa shape index (κ1) is 20.7. The highest BCUT2D eigenvalue weighted by Crippen LogP contribution is 2.34. The Bertz CT molecular complexity index is 992. The first-order chi connectivity index (χ1) is 14.6. The normalized spacial score (nSPS) is 15.9. The van der Waals surface area contributed by atoms with Crippen LogP contribution < -0.4 is 9.64 Å². The first-order valence-electron chi connectivity index (χ1n) is 9.72. The number of hydrogen-bond acceptors (Lipinski definition) is 6. The van der Waals surface area contributed by atoms with Crippen molar-refractivity contribution in [2.75, 3.05) is 38.2 Å². The molecule has 1 atom stereocenters. The lowest BCUT2D eigenvalue weighted by molar-refractivity contribution is 0.217. The summed E-state index contributed by atoms with van der Waals surface area (Å²) in [4.78, 5) is 8.24. The summed E-state index contributed by atoms with van der Waals surface area (Å²) >= 11 is 1.34. The van der Waals surface area contributed by atoms with Gasteiger partial charge in [-0.2, -0.15) is 0 Å². The van der Waals surface area contributed by atoms with E-state index < -0.39 is 6.10 Å². The van der Waals surface area contributed by atoms with Crippen LogP contribution in [-0.2, 0) is 6.54 Å². The van der Waals surface area contributed by atoms with Gasteiger partial charge < -0.3 is 14.7 Å². The fraction of sp³-hybridized carbons (Fsp3) is 0.318. The first-order valence-corrected chi connectivity index (χ1v) is 10.6. The summed E-state index contributed by atoms with van der Waals surface area (Å²) in [5, 5.41) is 13.1. The molecular weight excluding hydrogens is 408 g/mol. The molecule has 1 aliphatic rings. The Morgan fingerprint density at radius 3 is 2.63 bits per heavy atom. The van der Waals surface area contributed by atoms with Crippen molar-refractivity contribution in [3.63, 3.8) is 0 Å². The SMILES string of the molecule is COc1ccc(F)c(CN2CCN(c3c(F)cccc3[C@@H](O)c3nccs3)CC2)c1. The van der Waals surface area contributed by atoms with E-state index in [1.165, 1.54) is 23.5 Å². The lowest BCUT2D eigenvalue weighted by Crippen LogP contribution is -2.46. The Morgan fingerprint density at radius 2 is 1.93 bits per heavy atom. The summed E-state index contributed by atoms with van der Waals surface area (Å²) in [6, 6.07) is 9.47. The van der Waals surface area contributed by atoms with Crippen LogP contribution in [-0.4, -0.2) is 48.3 Å². The minimum absolute atomic E-state index is 0.263. The second-order valence-electron chi connectivity index (χ2n) is 7.17. The molecule has 158 valence electrons. The number of ether oxygens (including phenoxy) is 1. The monoisotopic (exact) mass is 431 g/mol. The predicted octanol–water partition coefficient (Wildman–Crippen LogP) is 3.83. The molecule has 1 aromatic heterocycles. The summed E-state index contributed by atoms with van der Waals surface area (Å²) in [5.74, 6) is -0.00575. The topological polar surface area (TPSA) is 48.8 Å². The molecule has 2 aromatic carbocycles. The van der Waals surface area contributed by atoms with E-state index >= 15 is 0 Å². The van der Waals surface area contributed by atoms with Gasteiger partial charge in [-0.05, 0) is 24.3 Å². The van der Waals surface area contributed by atoms with Gasteiger partial charge in [0.1, 0.15) is 28.5 Å². The number of aliphatic hydroxyl groups is 1. The van der Waals surface area contributed by atoms with Gasteiger partial charge in [0, 0.05) is 55.4 Å². The number of nitrogens with zero attached hydrogens (tertiary/aromatic N) is 3. The van der Waals surface area contributed by atoms with Gasteiger partial charge in [-0.3, -0.25) is 4.90 Å². The summed E-state index contributed by atoms with van der Waals surface area (Å²) in [6.07, 6.45) is 0.651. The third-order valence-corrected chi connectivity index (χ3v) is 6.16. The van der Waals surface area contributed by atoms with E-state index in [4.69, 9.17) is 4.74 Å². The van der Waals surface area contributed by atoms with Gasteiger partial charge in [-0.15, -0.1) is 11.3 Å². The number of aliphatic hydroxyl groups excluding tert-OH is 1. The zero-order valence-electron chi connectivity index (χ0n) is 16.6. The number of hydrogen-bond donors (Lipinski definition) is 1. The highest BCUT2D eigenvalue weighted by atomic mass is 32.1. The fourth-order valence-corrected chi connectivity index (χ4v) is 4.40. The van der Waals surface area contributed by atoms with Crippen LogP contribution in [0.5, 0.6) is 5.75 Å². The van der Waals surface area contributed by atoms with Gasteiger partial charge in [-0.1, -0.05) is 12.1 Å². The lowest BCUT2D eigenvalue weighted by atomic mass is 10.0. The average molecular weight is 432 g/mol. The zero-order valence-corrected chi connectivity index (χ0v) is 17.4. The molecule has 1 saturated heterocycles. The standard InChI is InChI=1S/C22H23F2N3O2S/c1-29-16-5-6-18(23)15(13-16)14-26-8-10-27(11-9-26)20-17(3-2-4-19(20)24)21(28)22-25-7-12-30-22/h2-7,12-13,21,28H,8-11,14H2,1H3/t21-/m1/s1. The maximum absolute atomic E-state index is 14.8. The van der Waals surface area contributed by atoms with Gasteiger partial charge in [0.2, 0.25) is 0 Å². The lowest BCUT2D eigenvalue weighted by Gasteiger charge is -2.37. The Kier molecular flexibility index (Phi) is 6.26. The smallest absolute Gasteiger partial charge is 0.146 e. The number of benzene rings is 2. The molecule has 30 heavy (non-hydrogen) atoms. The van der Waals surface area contributed by atoms with E-state index in [1.54, 1.807) is 43.0 Å².